The molecule has 0 saturated carbocycles. The zero-order valence-corrected chi connectivity index (χ0v) is 19.4. The summed E-state index contributed by atoms with van der Waals surface area (Å²) in [4.78, 5) is 29.8. The Morgan fingerprint density at radius 3 is 2.44 bits per heavy atom. The maximum atomic E-state index is 13.3. The van der Waals surface area contributed by atoms with Crippen LogP contribution in [0.1, 0.15) is 26.3 Å². The van der Waals surface area contributed by atoms with Crippen molar-refractivity contribution in [1.82, 2.24) is 14.8 Å². The van der Waals surface area contributed by atoms with E-state index in [1.54, 1.807) is 66.7 Å². The molecule has 4 rings (SSSR count). The molecule has 3 aromatic carbocycles. The lowest BCUT2D eigenvalue weighted by Gasteiger charge is -2.10. The van der Waals surface area contributed by atoms with Gasteiger partial charge in [-0.15, -0.1) is 0 Å². The standard InChI is InChI=1S/C25H18Cl2N4O3/c1-34-23-5-3-2-4-20(23)25(33)30-18-9-6-16(7-10-18)12-22(31-15-28-14-29-31)24(32)19-11-8-17(26)13-21(19)27/h2-15H,1H3,(H,30,33)/b22-12-. The maximum absolute atomic E-state index is 13.3. The summed E-state index contributed by atoms with van der Waals surface area (Å²) in [5, 5.41) is 7.59. The summed E-state index contributed by atoms with van der Waals surface area (Å²) in [5.41, 5.74) is 2.25. The SMILES string of the molecule is COc1ccccc1C(=O)Nc1ccc(/C=C(/C(=O)c2ccc(Cl)cc2Cl)n2cncn2)cc1. The van der Waals surface area contributed by atoms with Gasteiger partial charge in [0.05, 0.1) is 17.7 Å². The first-order chi connectivity index (χ1) is 16.5. The number of benzene rings is 3. The van der Waals surface area contributed by atoms with Crippen LogP contribution in [0.3, 0.4) is 0 Å². The smallest absolute Gasteiger partial charge is 0.259 e. The fourth-order valence-corrected chi connectivity index (χ4v) is 3.73. The molecule has 0 bridgehead atoms. The van der Waals surface area contributed by atoms with E-state index < -0.39 is 0 Å². The highest BCUT2D eigenvalue weighted by Crippen LogP contribution is 2.26. The minimum Gasteiger partial charge on any atom is -0.496 e. The van der Waals surface area contributed by atoms with E-state index in [-0.39, 0.29) is 28.0 Å². The molecule has 7 nitrogen and oxygen atoms in total. The third-order valence-electron chi connectivity index (χ3n) is 4.90. The molecule has 9 heteroatoms. The number of anilines is 1. The van der Waals surface area contributed by atoms with E-state index in [1.807, 2.05) is 0 Å². The number of allylic oxidation sites excluding steroid dienone is 1. The Morgan fingerprint density at radius 1 is 1.00 bits per heavy atom. The molecule has 0 radical (unpaired) electrons. The van der Waals surface area contributed by atoms with Gasteiger partial charge in [-0.3, -0.25) is 9.59 Å². The number of ether oxygens (including phenoxy) is 1. The fourth-order valence-electron chi connectivity index (χ4n) is 3.23. The molecule has 0 atom stereocenters. The van der Waals surface area contributed by atoms with Crippen molar-refractivity contribution >= 4 is 52.4 Å². The van der Waals surface area contributed by atoms with Crippen molar-refractivity contribution in [2.24, 2.45) is 0 Å². The van der Waals surface area contributed by atoms with Crippen LogP contribution in [0.5, 0.6) is 5.75 Å². The molecular weight excluding hydrogens is 475 g/mol. The van der Waals surface area contributed by atoms with Gasteiger partial charge in [0.2, 0.25) is 5.78 Å². The van der Waals surface area contributed by atoms with Crippen LogP contribution in [0, 0.1) is 0 Å². The largest absolute Gasteiger partial charge is 0.496 e. The zero-order chi connectivity index (χ0) is 24.1. The van der Waals surface area contributed by atoms with Crippen LogP contribution >= 0.6 is 23.2 Å². The van der Waals surface area contributed by atoms with Crippen molar-refractivity contribution in [2.45, 2.75) is 0 Å². The number of amides is 1. The summed E-state index contributed by atoms with van der Waals surface area (Å²) in [6.07, 6.45) is 4.42. The van der Waals surface area contributed by atoms with E-state index in [2.05, 4.69) is 15.4 Å². The Hall–Kier alpha value is -3.94. The summed E-state index contributed by atoms with van der Waals surface area (Å²) in [7, 11) is 1.51. The molecule has 1 N–H and O–H groups in total. The number of para-hydroxylation sites is 1. The van der Waals surface area contributed by atoms with Gasteiger partial charge in [0, 0.05) is 16.3 Å². The molecule has 4 aromatic rings. The number of nitrogens with one attached hydrogen (secondary N) is 1. The number of aromatic nitrogens is 3. The van der Waals surface area contributed by atoms with Crippen molar-refractivity contribution < 1.29 is 14.3 Å². The molecule has 0 saturated heterocycles. The van der Waals surface area contributed by atoms with E-state index >= 15 is 0 Å². The first kappa shape index (κ1) is 23.2. The van der Waals surface area contributed by atoms with Crippen LogP contribution in [0.2, 0.25) is 10.0 Å². The molecule has 0 spiro atoms. The molecule has 0 fully saturated rings. The Labute approximate surface area is 205 Å². The number of methoxy groups -OCH3 is 1. The molecular formula is C25H18Cl2N4O3. The molecule has 0 unspecified atom stereocenters. The van der Waals surface area contributed by atoms with E-state index in [1.165, 1.54) is 30.5 Å². The zero-order valence-electron chi connectivity index (χ0n) is 17.9. The Morgan fingerprint density at radius 2 is 1.76 bits per heavy atom. The van der Waals surface area contributed by atoms with Crippen molar-refractivity contribution in [1.29, 1.82) is 0 Å². The number of Topliss-reactive ketones (excluding diaryl/α,β-unsaturated/α-hetero) is 1. The summed E-state index contributed by atoms with van der Waals surface area (Å²) in [6, 6.07) is 18.6. The highest BCUT2D eigenvalue weighted by Gasteiger charge is 2.19. The average Bonchev–Trinajstić information content (AvgIpc) is 3.38. The third kappa shape index (κ3) is 5.17. The fraction of sp³-hybridized carbons (Fsp3) is 0.0400. The van der Waals surface area contributed by atoms with Gasteiger partial charge in [-0.25, -0.2) is 9.67 Å². The van der Waals surface area contributed by atoms with Crippen molar-refractivity contribution in [3.8, 4) is 5.75 Å². The van der Waals surface area contributed by atoms with Gasteiger partial charge in [-0.05, 0) is 54.1 Å². The number of carbonyl (C=O) groups is 2. The van der Waals surface area contributed by atoms with E-state index in [0.717, 1.165) is 0 Å². The molecule has 170 valence electrons. The van der Waals surface area contributed by atoms with E-state index in [4.69, 9.17) is 27.9 Å². The molecule has 1 amide bonds. The second kappa shape index (κ2) is 10.3. The number of nitrogens with zero attached hydrogens (tertiary/aromatic N) is 3. The second-order valence-corrected chi connectivity index (χ2v) is 7.94. The lowest BCUT2D eigenvalue weighted by molar-refractivity contribution is 0.102. The molecule has 34 heavy (non-hydrogen) atoms. The van der Waals surface area contributed by atoms with Gasteiger partial charge in [0.15, 0.2) is 0 Å². The summed E-state index contributed by atoms with van der Waals surface area (Å²) in [5.74, 6) is -0.159. The monoisotopic (exact) mass is 492 g/mol. The lowest BCUT2D eigenvalue weighted by atomic mass is 10.1. The topological polar surface area (TPSA) is 86.1 Å². The van der Waals surface area contributed by atoms with Crippen LogP contribution in [0.4, 0.5) is 5.69 Å². The Kier molecular flexibility index (Phi) is 7.06. The van der Waals surface area contributed by atoms with Gasteiger partial charge in [0.1, 0.15) is 24.1 Å². The molecule has 1 heterocycles. The normalized spacial score (nSPS) is 11.2. The Balaban J connectivity index is 1.60. The molecule has 1 aromatic heterocycles. The van der Waals surface area contributed by atoms with Crippen molar-refractivity contribution in [3.05, 3.63) is 106 Å². The average molecular weight is 493 g/mol. The highest BCUT2D eigenvalue weighted by molar-refractivity contribution is 6.40. The number of ketones is 1. The van der Waals surface area contributed by atoms with Gasteiger partial charge in [-0.2, -0.15) is 5.10 Å². The van der Waals surface area contributed by atoms with Crippen LogP contribution in [0.15, 0.2) is 79.4 Å². The van der Waals surface area contributed by atoms with Crippen LogP contribution in [-0.4, -0.2) is 33.6 Å². The number of hydrogen-bond donors (Lipinski definition) is 1. The predicted octanol–water partition coefficient (Wildman–Crippen LogP) is 5.73. The molecule has 0 aliphatic carbocycles. The van der Waals surface area contributed by atoms with Crippen molar-refractivity contribution in [3.63, 3.8) is 0 Å². The third-order valence-corrected chi connectivity index (χ3v) is 5.45. The lowest BCUT2D eigenvalue weighted by Crippen LogP contribution is -2.13. The quantitative estimate of drug-likeness (QED) is 0.263. The van der Waals surface area contributed by atoms with Crippen LogP contribution in [0.25, 0.3) is 11.8 Å². The minimum absolute atomic E-state index is 0.234. The van der Waals surface area contributed by atoms with E-state index in [0.29, 0.717) is 27.6 Å². The molecule has 0 aliphatic rings. The minimum atomic E-state index is -0.347. The first-order valence-corrected chi connectivity index (χ1v) is 10.8. The Bertz CT molecular complexity index is 1370. The number of hydrogen-bond acceptors (Lipinski definition) is 5. The van der Waals surface area contributed by atoms with Crippen molar-refractivity contribution in [2.75, 3.05) is 12.4 Å². The van der Waals surface area contributed by atoms with Crippen LogP contribution < -0.4 is 10.1 Å². The van der Waals surface area contributed by atoms with Crippen LogP contribution in [-0.2, 0) is 0 Å². The van der Waals surface area contributed by atoms with Gasteiger partial charge in [-0.1, -0.05) is 47.5 Å². The highest BCUT2D eigenvalue weighted by atomic mass is 35.5. The summed E-state index contributed by atoms with van der Waals surface area (Å²) < 4.78 is 6.61. The maximum Gasteiger partial charge on any atom is 0.259 e. The number of carbonyl (C=O) groups excluding carboxylic acids is 2. The predicted molar refractivity (Wildman–Crippen MR) is 132 cm³/mol. The van der Waals surface area contributed by atoms with E-state index in [9.17, 15) is 9.59 Å². The summed E-state index contributed by atoms with van der Waals surface area (Å²) in [6.45, 7) is 0. The summed E-state index contributed by atoms with van der Waals surface area (Å²) >= 11 is 12.2. The number of halogens is 2. The number of rotatable bonds is 7. The molecule has 0 aliphatic heterocycles. The second-order valence-electron chi connectivity index (χ2n) is 7.10. The van der Waals surface area contributed by atoms with Gasteiger partial charge >= 0.3 is 0 Å². The first-order valence-electron chi connectivity index (χ1n) is 10.1. The van der Waals surface area contributed by atoms with Gasteiger partial charge < -0.3 is 10.1 Å². The van der Waals surface area contributed by atoms with Gasteiger partial charge in [0.25, 0.3) is 5.91 Å².